The minimum Gasteiger partial charge on any atom is -0.390 e. The van der Waals surface area contributed by atoms with Gasteiger partial charge in [0.2, 0.25) is 65.0 Å². The maximum atomic E-state index is 15.4. The normalized spacial score (nSPS) is 29.2. The van der Waals surface area contributed by atoms with Crippen molar-refractivity contribution in [2.45, 2.75) is 246 Å². The van der Waals surface area contributed by atoms with Gasteiger partial charge < -0.3 is 65.2 Å². The third kappa shape index (κ3) is 20.8. The van der Waals surface area contributed by atoms with Crippen molar-refractivity contribution in [1.82, 2.24) is 60.0 Å². The number of likely N-dealkylation sites (N-methyl/N-ethyl adjacent to an activating group) is 7. The van der Waals surface area contributed by atoms with Crippen molar-refractivity contribution in [3.8, 4) is 0 Å². The molecule has 3 saturated heterocycles. The fraction of sp³-hybridized carbons (Fsp3) is 0.809. The fourth-order valence-corrected chi connectivity index (χ4v) is 14.4. The Hall–Kier alpha value is -5.82. The van der Waals surface area contributed by atoms with Crippen molar-refractivity contribution in [2.24, 2.45) is 35.5 Å². The molecule has 3 heterocycles. The molecule has 0 saturated carbocycles. The zero-order chi connectivity index (χ0) is 71.1. The molecule has 11 amide bonds. The Bertz CT molecular complexity index is 2610. The number of aliphatic hydroxyl groups is 1. The summed E-state index contributed by atoms with van der Waals surface area (Å²) < 4.78 is 0. The first-order valence-corrected chi connectivity index (χ1v) is 34.9. The topological polar surface area (TPSA) is 273 Å². The number of hydrogen-bond donors (Lipinski definition) is 4. The molecular weight excluding hydrogens is 1210 g/mol. The van der Waals surface area contributed by atoms with E-state index in [1.165, 1.54) is 97.5 Å². The van der Waals surface area contributed by atoms with Crippen LogP contribution in [0.5, 0.6) is 0 Å². The summed E-state index contributed by atoms with van der Waals surface area (Å²) in [5.41, 5.74) is 0. The van der Waals surface area contributed by atoms with Gasteiger partial charge in [-0.2, -0.15) is 11.8 Å². The van der Waals surface area contributed by atoms with E-state index in [2.05, 4.69) is 20.9 Å². The van der Waals surface area contributed by atoms with Crippen LogP contribution in [-0.2, 0) is 52.7 Å². The number of rotatable bonds is 16. The van der Waals surface area contributed by atoms with Gasteiger partial charge in [-0.1, -0.05) is 95.2 Å². The highest BCUT2D eigenvalue weighted by molar-refractivity contribution is 8.00. The molecule has 2 bridgehead atoms. The molecule has 0 radical (unpaired) electrons. The van der Waals surface area contributed by atoms with Crippen LogP contribution in [0.1, 0.15) is 162 Å². The van der Waals surface area contributed by atoms with Crippen molar-refractivity contribution in [3.63, 3.8) is 0 Å². The quantitative estimate of drug-likeness (QED) is 0.160. The summed E-state index contributed by atoms with van der Waals surface area (Å²) in [5, 5.41) is 21.0. The third-order valence-electron chi connectivity index (χ3n) is 19.2. The van der Waals surface area contributed by atoms with Gasteiger partial charge in [-0.25, -0.2) is 0 Å². The van der Waals surface area contributed by atoms with Crippen LogP contribution in [0.25, 0.3) is 0 Å². The number of allylic oxidation sites excluding steroid dienone is 2. The average molecular weight is 1330 g/mol. The number of piperidine rings is 1. The zero-order valence-electron chi connectivity index (χ0n) is 60.9. The summed E-state index contributed by atoms with van der Waals surface area (Å²) in [6.45, 7) is 30.0. The van der Waals surface area contributed by atoms with E-state index in [9.17, 15) is 29.1 Å². The van der Waals surface area contributed by atoms with Crippen LogP contribution in [0.15, 0.2) is 12.2 Å². The van der Waals surface area contributed by atoms with Crippen LogP contribution in [0.4, 0.5) is 0 Å². The molecule has 1 unspecified atom stereocenters. The molecule has 0 aromatic carbocycles. The van der Waals surface area contributed by atoms with Crippen LogP contribution in [0.2, 0.25) is 0 Å². The first-order chi connectivity index (χ1) is 43.2. The van der Waals surface area contributed by atoms with Crippen LogP contribution >= 0.6 is 11.8 Å². The molecule has 0 aliphatic carbocycles. The van der Waals surface area contributed by atoms with Crippen molar-refractivity contribution in [1.29, 1.82) is 0 Å². The van der Waals surface area contributed by atoms with Crippen molar-refractivity contribution in [3.05, 3.63) is 12.2 Å². The van der Waals surface area contributed by atoms with Crippen LogP contribution in [-0.4, -0.2) is 273 Å². The second-order valence-electron chi connectivity index (χ2n) is 28.8. The van der Waals surface area contributed by atoms with E-state index in [0.29, 0.717) is 6.42 Å². The SMILES string of the molecule is CC=CC[C@@H](C)[C@@H](O)[C@@H]1C(=O)N[C@H](CC)C(=O)N(C)[C@H](CSC2CCN(C)CC2)C(=O)N(C)[C@@H](CC(C)C)C(=O)N[C@H](C(C)C)C(=O)N(C)[C@@H]2CC(C)N(C2=O)[C@H](C)C(=O)N[C@@H](C)C(=O)N(C)[C@H](CC(C)C)C(=O)N(C)[C@H](CC(C)C)C(=O)N(C)[C@H](C(C)C)C(=O)N1C. The average Bonchev–Trinajstić information content (AvgIpc) is 1.78. The number of hydrogen-bond acceptors (Lipinski definition) is 14. The Morgan fingerprint density at radius 3 is 1.48 bits per heavy atom. The molecule has 25 heteroatoms. The van der Waals surface area contributed by atoms with E-state index in [-0.39, 0.29) is 60.9 Å². The number of amides is 11. The number of thioether (sulfide) groups is 1. The number of likely N-dealkylation sites (tertiary alicyclic amines) is 1. The highest BCUT2D eigenvalue weighted by Crippen LogP contribution is 2.30. The minimum absolute atomic E-state index is 0.0214. The van der Waals surface area contributed by atoms with Gasteiger partial charge in [-0.15, -0.1) is 0 Å². The monoisotopic (exact) mass is 1330 g/mol. The number of fused-ring (bicyclic) bond motifs is 2. The summed E-state index contributed by atoms with van der Waals surface area (Å²) in [6.07, 6.45) is 4.71. The molecule has 3 fully saturated rings. The Morgan fingerprint density at radius 2 is 0.989 bits per heavy atom. The van der Waals surface area contributed by atoms with Gasteiger partial charge in [0.1, 0.15) is 66.5 Å². The standard InChI is InChI=1S/C68H120N12O12S/c1-25-27-28-43(13)57(81)56-60(84)70-48(26-2)62(86)77(22)53(37-93-47-29-31-72(17)32-30-47)65(89)73(18)49(33-38(3)4)59(83)71-54(41(9)10)67(91)76(21)52-36-44(14)80(66(52)90)46(16)58(82)69-45(15)61(85)74(19)50(34-39(5)6)63(87)75(20)51(35-40(7)8)64(88)78(23)55(42(11)12)68(92)79(56)24/h25,27,38-57,81H,26,28-37H2,1-24H3,(H,69,82)(H,70,84)(H,71,83)/t43-,44?,45+,46-,48-,49+,50-,51-,52-,53-,54-,55-,56-,57-/m1/s1. The second-order valence-corrected chi connectivity index (χ2v) is 30.1. The van der Waals surface area contributed by atoms with E-state index in [0.717, 1.165) is 30.8 Å². The largest absolute Gasteiger partial charge is 0.390 e. The lowest BCUT2D eigenvalue weighted by Crippen LogP contribution is -2.64. The predicted molar refractivity (Wildman–Crippen MR) is 364 cm³/mol. The van der Waals surface area contributed by atoms with Crippen molar-refractivity contribution < 1.29 is 57.8 Å². The number of nitrogens with one attached hydrogen (secondary N) is 3. The van der Waals surface area contributed by atoms with Crippen molar-refractivity contribution in [2.75, 3.05) is 75.2 Å². The molecule has 0 aromatic heterocycles. The van der Waals surface area contributed by atoms with E-state index < -0.39 is 161 Å². The Labute approximate surface area is 561 Å². The number of aliphatic hydroxyl groups excluding tert-OH is 1. The predicted octanol–water partition coefficient (Wildman–Crippen LogP) is 3.92. The van der Waals surface area contributed by atoms with Gasteiger partial charge in [0.25, 0.3) is 0 Å². The first kappa shape index (κ1) is 81.4. The van der Waals surface area contributed by atoms with E-state index in [4.69, 9.17) is 0 Å². The summed E-state index contributed by atoms with van der Waals surface area (Å²) in [4.78, 5) is 177. The molecule has 14 atom stereocenters. The van der Waals surface area contributed by atoms with Crippen LogP contribution in [0.3, 0.4) is 0 Å². The summed E-state index contributed by atoms with van der Waals surface area (Å²) in [6, 6.07) is -13.9. The highest BCUT2D eigenvalue weighted by atomic mass is 32.2. The van der Waals surface area contributed by atoms with E-state index in [1.54, 1.807) is 66.3 Å². The number of carbonyl (C=O) groups is 11. The number of nitrogens with zero attached hydrogens (tertiary/aromatic N) is 9. The summed E-state index contributed by atoms with van der Waals surface area (Å²) in [5.74, 6) is -9.01. The Morgan fingerprint density at radius 1 is 0.516 bits per heavy atom. The lowest BCUT2D eigenvalue weighted by atomic mass is 9.91. The zero-order valence-corrected chi connectivity index (χ0v) is 61.7. The Balaban J connectivity index is 2.38. The first-order valence-electron chi connectivity index (χ1n) is 33.9. The molecule has 530 valence electrons. The van der Waals surface area contributed by atoms with Gasteiger partial charge in [-0.05, 0) is 135 Å². The summed E-state index contributed by atoms with van der Waals surface area (Å²) in [7, 11) is 12.3. The molecule has 3 aliphatic rings. The fourth-order valence-electron chi connectivity index (χ4n) is 13.0. The molecular formula is C68H120N12O12S. The maximum Gasteiger partial charge on any atom is 0.246 e. The van der Waals surface area contributed by atoms with Gasteiger partial charge in [0, 0.05) is 66.4 Å². The Kier molecular flexibility index (Phi) is 31.8. The summed E-state index contributed by atoms with van der Waals surface area (Å²) >= 11 is 1.55. The van der Waals surface area contributed by atoms with Gasteiger partial charge >= 0.3 is 0 Å². The third-order valence-corrected chi connectivity index (χ3v) is 20.6. The van der Waals surface area contributed by atoms with Crippen LogP contribution < -0.4 is 16.0 Å². The minimum atomic E-state index is -1.62. The maximum absolute atomic E-state index is 15.4. The van der Waals surface area contributed by atoms with Gasteiger partial charge in [-0.3, -0.25) is 52.7 Å². The molecule has 0 spiro atoms. The van der Waals surface area contributed by atoms with Crippen LogP contribution in [0, 0.1) is 35.5 Å². The molecule has 24 nitrogen and oxygen atoms in total. The molecule has 4 N–H and O–H groups in total. The van der Waals surface area contributed by atoms with Gasteiger partial charge in [0.15, 0.2) is 0 Å². The van der Waals surface area contributed by atoms with Crippen molar-refractivity contribution >= 4 is 76.7 Å². The molecule has 0 aromatic rings. The highest BCUT2D eigenvalue weighted by Gasteiger charge is 2.49. The van der Waals surface area contributed by atoms with E-state index >= 15 is 28.8 Å². The molecule has 3 aliphatic heterocycles. The molecule has 3 rings (SSSR count). The second kappa shape index (κ2) is 36.3. The smallest absolute Gasteiger partial charge is 0.246 e. The number of carbonyl (C=O) groups excluding carboxylic acids is 11. The lowest BCUT2D eigenvalue weighted by molar-refractivity contribution is -0.157. The lowest BCUT2D eigenvalue weighted by Gasteiger charge is -2.41. The molecule has 93 heavy (non-hydrogen) atoms. The van der Waals surface area contributed by atoms with E-state index in [1.807, 2.05) is 61.6 Å². The van der Waals surface area contributed by atoms with Gasteiger partial charge in [0.05, 0.1) is 6.10 Å².